The van der Waals surface area contributed by atoms with Crippen molar-refractivity contribution in [2.75, 3.05) is 12.0 Å². The van der Waals surface area contributed by atoms with E-state index >= 15 is 0 Å². The summed E-state index contributed by atoms with van der Waals surface area (Å²) in [4.78, 5) is 40.8. The molecule has 2 aromatic carbocycles. The first-order valence-electron chi connectivity index (χ1n) is 10.1. The molecule has 1 fully saturated rings. The van der Waals surface area contributed by atoms with Gasteiger partial charge in [-0.05, 0) is 40.8 Å². The molecule has 4 rings (SSSR count). The summed E-state index contributed by atoms with van der Waals surface area (Å²) in [5.74, 6) is -2.49. The zero-order valence-corrected chi connectivity index (χ0v) is 19.1. The molecule has 2 atom stereocenters. The summed E-state index contributed by atoms with van der Waals surface area (Å²) < 4.78 is 5.15. The normalized spacial score (nSPS) is 18.8. The topological polar surface area (TPSA) is 89.5 Å². The molecular formula is C24H23N3O4S. The molecule has 1 aliphatic rings. The van der Waals surface area contributed by atoms with E-state index in [4.69, 9.17) is 4.74 Å². The zero-order valence-electron chi connectivity index (χ0n) is 18.2. The molecule has 164 valence electrons. The quantitative estimate of drug-likeness (QED) is 0.332. The lowest BCUT2D eigenvalue weighted by atomic mass is 9.83. The highest BCUT2D eigenvalue weighted by Crippen LogP contribution is 2.42. The van der Waals surface area contributed by atoms with Gasteiger partial charge in [-0.3, -0.25) is 19.3 Å². The van der Waals surface area contributed by atoms with Gasteiger partial charge in [0.2, 0.25) is 10.9 Å². The summed E-state index contributed by atoms with van der Waals surface area (Å²) in [6.45, 7) is 6.32. The molecule has 1 aliphatic heterocycles. The number of carbonyl (C=O) groups excluding carboxylic acids is 3. The maximum Gasteiger partial charge on any atom is 0.297 e. The maximum atomic E-state index is 13.5. The van der Waals surface area contributed by atoms with Crippen LogP contribution < -0.4 is 9.64 Å². The Kier molecular flexibility index (Phi) is 5.64. The summed E-state index contributed by atoms with van der Waals surface area (Å²) in [6, 6.07) is 13.4. The molecule has 8 heteroatoms. The highest BCUT2D eigenvalue weighted by molar-refractivity contribution is 7.13. The Bertz CT molecular complexity index is 1150. The molecule has 0 spiro atoms. The fraction of sp³-hybridized carbons (Fsp3) is 0.292. The third-order valence-electron chi connectivity index (χ3n) is 5.64. The van der Waals surface area contributed by atoms with E-state index in [1.54, 1.807) is 24.3 Å². The van der Waals surface area contributed by atoms with Gasteiger partial charge in [-0.15, -0.1) is 10.2 Å². The second kappa shape index (κ2) is 8.27. The second-order valence-electron chi connectivity index (χ2n) is 8.65. The van der Waals surface area contributed by atoms with Crippen LogP contribution in [0.3, 0.4) is 0 Å². The fourth-order valence-electron chi connectivity index (χ4n) is 3.87. The minimum absolute atomic E-state index is 0.0585. The number of benzene rings is 2. The van der Waals surface area contributed by atoms with E-state index in [1.807, 2.05) is 24.3 Å². The van der Waals surface area contributed by atoms with Gasteiger partial charge < -0.3 is 4.74 Å². The Morgan fingerprint density at radius 2 is 1.69 bits per heavy atom. The van der Waals surface area contributed by atoms with Gasteiger partial charge in [0.25, 0.3) is 5.91 Å². The van der Waals surface area contributed by atoms with Crippen molar-refractivity contribution in [1.29, 1.82) is 0 Å². The lowest BCUT2D eigenvalue weighted by Crippen LogP contribution is -2.30. The fourth-order valence-corrected chi connectivity index (χ4v) is 4.46. The van der Waals surface area contributed by atoms with Gasteiger partial charge in [0.15, 0.2) is 5.78 Å². The highest BCUT2D eigenvalue weighted by atomic mass is 32.1. The number of methoxy groups -OCH3 is 1. The third kappa shape index (κ3) is 3.82. The van der Waals surface area contributed by atoms with E-state index in [9.17, 15) is 14.4 Å². The first kappa shape index (κ1) is 21.8. The molecule has 2 heterocycles. The average Bonchev–Trinajstić information content (AvgIpc) is 3.40. The van der Waals surface area contributed by atoms with Gasteiger partial charge in [0.05, 0.1) is 13.2 Å². The van der Waals surface area contributed by atoms with Crippen LogP contribution in [0.4, 0.5) is 5.13 Å². The number of hydrogen-bond donors (Lipinski definition) is 0. The average molecular weight is 450 g/mol. The Morgan fingerprint density at radius 3 is 2.22 bits per heavy atom. The van der Waals surface area contributed by atoms with Crippen molar-refractivity contribution in [2.45, 2.75) is 32.2 Å². The number of anilines is 1. The number of carbonyl (C=O) groups is 3. The van der Waals surface area contributed by atoms with Gasteiger partial charge >= 0.3 is 0 Å². The summed E-state index contributed by atoms with van der Waals surface area (Å²) in [5, 5.41) is 8.10. The van der Waals surface area contributed by atoms with Crippen molar-refractivity contribution >= 4 is 33.9 Å². The Morgan fingerprint density at radius 1 is 1.03 bits per heavy atom. The predicted molar refractivity (Wildman–Crippen MR) is 121 cm³/mol. The molecule has 0 N–H and O–H groups in total. The Balaban J connectivity index is 1.80. The van der Waals surface area contributed by atoms with Crippen molar-refractivity contribution in [3.63, 3.8) is 0 Å². The molecule has 0 saturated carbocycles. The molecule has 0 radical (unpaired) electrons. The molecule has 1 amide bonds. The van der Waals surface area contributed by atoms with Crippen LogP contribution in [0.25, 0.3) is 0 Å². The van der Waals surface area contributed by atoms with Crippen LogP contribution in [0, 0.1) is 5.92 Å². The van der Waals surface area contributed by atoms with Gasteiger partial charge in [0.1, 0.15) is 17.2 Å². The van der Waals surface area contributed by atoms with Crippen LogP contribution in [0.2, 0.25) is 0 Å². The Labute approximate surface area is 190 Å². The monoisotopic (exact) mass is 449 g/mol. The predicted octanol–water partition coefficient (Wildman–Crippen LogP) is 4.00. The van der Waals surface area contributed by atoms with Gasteiger partial charge in [-0.25, -0.2) is 0 Å². The third-order valence-corrected chi connectivity index (χ3v) is 6.32. The molecule has 0 aliphatic carbocycles. The lowest BCUT2D eigenvalue weighted by molar-refractivity contribution is -0.135. The molecule has 3 aromatic rings. The summed E-state index contributed by atoms with van der Waals surface area (Å²) in [7, 11) is 1.53. The van der Waals surface area contributed by atoms with Crippen LogP contribution in [0.1, 0.15) is 48.3 Å². The Hall–Kier alpha value is -3.39. The summed E-state index contributed by atoms with van der Waals surface area (Å²) >= 11 is 1.15. The summed E-state index contributed by atoms with van der Waals surface area (Å²) in [5.41, 5.74) is 3.58. The SMILES string of the molecule is COc1ccc(C(=O)C2C(=O)C(=O)N(c3nncs3)C2c2ccc(C(C)(C)C)cc2)cc1. The number of rotatable bonds is 5. The van der Waals surface area contributed by atoms with E-state index in [1.165, 1.54) is 17.5 Å². The van der Waals surface area contributed by atoms with Gasteiger partial charge in [-0.2, -0.15) is 0 Å². The van der Waals surface area contributed by atoms with E-state index in [0.29, 0.717) is 22.0 Å². The smallest absolute Gasteiger partial charge is 0.297 e. The van der Waals surface area contributed by atoms with Crippen molar-refractivity contribution in [1.82, 2.24) is 10.2 Å². The standard InChI is InChI=1S/C24H23N3O4S/c1-24(2,3)16-9-5-14(6-10-16)19-18(20(28)15-7-11-17(31-4)12-8-15)21(29)22(30)27(19)23-26-25-13-32-23/h5-13,18-19H,1-4H3. The first-order valence-corrected chi connectivity index (χ1v) is 11.0. The van der Waals surface area contributed by atoms with Crippen LogP contribution in [0.15, 0.2) is 54.0 Å². The van der Waals surface area contributed by atoms with Crippen LogP contribution in [-0.4, -0.2) is 34.8 Å². The van der Waals surface area contributed by atoms with Crippen molar-refractivity contribution in [3.8, 4) is 5.75 Å². The molecule has 1 saturated heterocycles. The van der Waals surface area contributed by atoms with E-state index in [0.717, 1.165) is 16.9 Å². The number of nitrogens with zero attached hydrogens (tertiary/aromatic N) is 3. The van der Waals surface area contributed by atoms with Crippen LogP contribution in [0.5, 0.6) is 5.75 Å². The molecule has 0 bridgehead atoms. The number of aromatic nitrogens is 2. The number of ether oxygens (including phenoxy) is 1. The van der Waals surface area contributed by atoms with Crippen molar-refractivity contribution < 1.29 is 19.1 Å². The minimum atomic E-state index is -1.18. The number of amides is 1. The van der Waals surface area contributed by atoms with Crippen LogP contribution >= 0.6 is 11.3 Å². The molecule has 1 aromatic heterocycles. The van der Waals surface area contributed by atoms with Gasteiger partial charge in [-0.1, -0.05) is 56.4 Å². The largest absolute Gasteiger partial charge is 0.497 e. The highest BCUT2D eigenvalue weighted by Gasteiger charge is 2.53. The molecular weight excluding hydrogens is 426 g/mol. The van der Waals surface area contributed by atoms with Crippen molar-refractivity contribution in [2.24, 2.45) is 5.92 Å². The first-order chi connectivity index (χ1) is 15.2. The van der Waals surface area contributed by atoms with Crippen LogP contribution in [-0.2, 0) is 15.0 Å². The number of ketones is 2. The van der Waals surface area contributed by atoms with E-state index < -0.39 is 29.4 Å². The minimum Gasteiger partial charge on any atom is -0.497 e. The number of Topliss-reactive ketones (excluding diaryl/α,β-unsaturated/α-hetero) is 2. The summed E-state index contributed by atoms with van der Waals surface area (Å²) in [6.07, 6.45) is 0. The van der Waals surface area contributed by atoms with Gasteiger partial charge in [0, 0.05) is 5.56 Å². The second-order valence-corrected chi connectivity index (χ2v) is 9.46. The van der Waals surface area contributed by atoms with E-state index in [2.05, 4.69) is 31.0 Å². The maximum absolute atomic E-state index is 13.5. The van der Waals surface area contributed by atoms with E-state index in [-0.39, 0.29) is 5.41 Å². The molecule has 32 heavy (non-hydrogen) atoms. The number of hydrogen-bond acceptors (Lipinski definition) is 7. The molecule has 7 nitrogen and oxygen atoms in total. The lowest BCUT2D eigenvalue weighted by Gasteiger charge is -2.26. The molecule has 2 unspecified atom stereocenters. The zero-order chi connectivity index (χ0) is 23.0. The van der Waals surface area contributed by atoms with Crippen molar-refractivity contribution in [3.05, 3.63) is 70.7 Å².